The minimum Gasteiger partial charge on any atom is -0.472 e. The van der Waals surface area contributed by atoms with Crippen molar-refractivity contribution in [3.8, 4) is 5.88 Å². The van der Waals surface area contributed by atoms with E-state index in [1.807, 2.05) is 41.1 Å². The Labute approximate surface area is 144 Å². The van der Waals surface area contributed by atoms with Crippen molar-refractivity contribution in [1.82, 2.24) is 24.6 Å². The smallest absolute Gasteiger partial charge is 0.292 e. The zero-order chi connectivity index (χ0) is 17.1. The molecule has 0 spiro atoms. The molecule has 1 aromatic carbocycles. The number of fused-ring (bicyclic) bond motifs is 1. The van der Waals surface area contributed by atoms with E-state index in [0.29, 0.717) is 32.1 Å². The Morgan fingerprint density at radius 2 is 1.88 bits per heavy atom. The van der Waals surface area contributed by atoms with E-state index in [9.17, 15) is 4.79 Å². The molecule has 0 saturated carbocycles. The lowest BCUT2D eigenvalue weighted by molar-refractivity contribution is 0.0693. The summed E-state index contributed by atoms with van der Waals surface area (Å²) in [5.74, 6) is 0.625. The van der Waals surface area contributed by atoms with Gasteiger partial charge in [0.15, 0.2) is 0 Å². The fourth-order valence-electron chi connectivity index (χ4n) is 2.77. The largest absolute Gasteiger partial charge is 0.472 e. The lowest BCUT2D eigenvalue weighted by Gasteiger charge is -2.26. The second-order valence-corrected chi connectivity index (χ2v) is 5.77. The average molecular weight is 335 g/mol. The van der Waals surface area contributed by atoms with Gasteiger partial charge in [0.1, 0.15) is 6.61 Å². The highest BCUT2D eigenvalue weighted by atomic mass is 16.5. The minimum atomic E-state index is -0.167. The second-order valence-electron chi connectivity index (χ2n) is 5.77. The Morgan fingerprint density at radius 3 is 2.68 bits per heavy atom. The molecule has 126 valence electrons. The number of ether oxygens (including phenoxy) is 1. The first kappa shape index (κ1) is 15.3. The van der Waals surface area contributed by atoms with Crippen LogP contribution in [0.3, 0.4) is 0 Å². The number of aromatic nitrogens is 4. The fraction of sp³-hybridized carbons (Fsp3) is 0.222. The number of nitrogens with zero attached hydrogens (tertiary/aromatic N) is 5. The fourth-order valence-corrected chi connectivity index (χ4v) is 2.77. The van der Waals surface area contributed by atoms with E-state index in [1.54, 1.807) is 23.4 Å². The van der Waals surface area contributed by atoms with Gasteiger partial charge in [-0.1, -0.05) is 30.3 Å². The van der Waals surface area contributed by atoms with Crippen LogP contribution in [0.25, 0.3) is 0 Å². The van der Waals surface area contributed by atoms with Gasteiger partial charge in [-0.2, -0.15) is 0 Å². The standard InChI is InChI=1S/C18H17N5O2/c24-18(17-19-7-4-8-20-17)22-9-10-23-15(12-22)11-16(21-23)25-13-14-5-2-1-3-6-14/h1-8,11H,9-10,12-13H2. The second kappa shape index (κ2) is 6.72. The highest BCUT2D eigenvalue weighted by Gasteiger charge is 2.25. The number of carbonyl (C=O) groups excluding carboxylic acids is 1. The number of hydrogen-bond donors (Lipinski definition) is 0. The molecule has 1 amide bonds. The molecule has 2 aromatic heterocycles. The van der Waals surface area contributed by atoms with Crippen LogP contribution in [0.4, 0.5) is 0 Å². The molecule has 0 radical (unpaired) electrons. The monoisotopic (exact) mass is 335 g/mol. The first-order valence-corrected chi connectivity index (χ1v) is 8.09. The summed E-state index contributed by atoms with van der Waals surface area (Å²) < 4.78 is 7.65. The van der Waals surface area contributed by atoms with E-state index >= 15 is 0 Å². The summed E-state index contributed by atoms with van der Waals surface area (Å²) in [4.78, 5) is 22.3. The highest BCUT2D eigenvalue weighted by Crippen LogP contribution is 2.19. The molecular formula is C18H17N5O2. The minimum absolute atomic E-state index is 0.167. The molecule has 0 atom stereocenters. The Bertz CT molecular complexity index is 864. The van der Waals surface area contributed by atoms with E-state index in [2.05, 4.69) is 15.1 Å². The Morgan fingerprint density at radius 1 is 1.08 bits per heavy atom. The zero-order valence-corrected chi connectivity index (χ0v) is 13.6. The third-order valence-electron chi connectivity index (χ3n) is 4.05. The molecule has 0 saturated heterocycles. The molecule has 7 nitrogen and oxygen atoms in total. The van der Waals surface area contributed by atoms with Crippen LogP contribution in [0, 0.1) is 0 Å². The van der Waals surface area contributed by atoms with Crippen molar-refractivity contribution in [2.45, 2.75) is 19.7 Å². The zero-order valence-electron chi connectivity index (χ0n) is 13.6. The number of amides is 1. The van der Waals surface area contributed by atoms with Crippen molar-refractivity contribution in [2.24, 2.45) is 0 Å². The van der Waals surface area contributed by atoms with E-state index in [-0.39, 0.29) is 11.7 Å². The van der Waals surface area contributed by atoms with E-state index in [1.165, 1.54) is 0 Å². The quantitative estimate of drug-likeness (QED) is 0.728. The topological polar surface area (TPSA) is 73.1 Å². The predicted octanol–water partition coefficient (Wildman–Crippen LogP) is 1.91. The Kier molecular flexibility index (Phi) is 4.12. The van der Waals surface area contributed by atoms with Crippen molar-refractivity contribution in [3.05, 3.63) is 71.9 Å². The molecule has 0 bridgehead atoms. The highest BCUT2D eigenvalue weighted by molar-refractivity contribution is 5.90. The van der Waals surface area contributed by atoms with Gasteiger partial charge in [-0.15, -0.1) is 5.10 Å². The van der Waals surface area contributed by atoms with Crippen molar-refractivity contribution >= 4 is 5.91 Å². The third-order valence-corrected chi connectivity index (χ3v) is 4.05. The molecule has 7 heteroatoms. The maximum Gasteiger partial charge on any atom is 0.292 e. The molecule has 0 aliphatic carbocycles. The molecule has 3 aromatic rings. The summed E-state index contributed by atoms with van der Waals surface area (Å²) in [6, 6.07) is 13.5. The summed E-state index contributed by atoms with van der Waals surface area (Å²) in [7, 11) is 0. The number of benzene rings is 1. The molecule has 3 heterocycles. The summed E-state index contributed by atoms with van der Waals surface area (Å²) >= 11 is 0. The number of hydrogen-bond acceptors (Lipinski definition) is 5. The van der Waals surface area contributed by atoms with Gasteiger partial charge in [0.05, 0.1) is 18.8 Å². The maximum absolute atomic E-state index is 12.5. The summed E-state index contributed by atoms with van der Waals surface area (Å²) in [5, 5.41) is 4.46. The normalized spacial score (nSPS) is 13.4. The Hall–Kier alpha value is -3.22. The first-order chi connectivity index (χ1) is 12.3. The van der Waals surface area contributed by atoms with Gasteiger partial charge in [0, 0.05) is 25.0 Å². The lowest BCUT2D eigenvalue weighted by Crippen LogP contribution is -2.39. The molecule has 0 N–H and O–H groups in total. The SMILES string of the molecule is O=C(c1ncccn1)N1CCn2nc(OCc3ccccc3)cc2C1. The summed E-state index contributed by atoms with van der Waals surface area (Å²) in [5.41, 5.74) is 2.03. The molecule has 1 aliphatic heterocycles. The van der Waals surface area contributed by atoms with Gasteiger partial charge >= 0.3 is 0 Å². The maximum atomic E-state index is 12.5. The van der Waals surface area contributed by atoms with Gasteiger partial charge < -0.3 is 9.64 Å². The molecule has 25 heavy (non-hydrogen) atoms. The lowest BCUT2D eigenvalue weighted by atomic mass is 10.2. The average Bonchev–Trinajstić information content (AvgIpc) is 3.09. The van der Waals surface area contributed by atoms with E-state index in [0.717, 1.165) is 11.3 Å². The van der Waals surface area contributed by atoms with Crippen molar-refractivity contribution in [2.75, 3.05) is 6.54 Å². The summed E-state index contributed by atoms with van der Waals surface area (Å²) in [6.07, 6.45) is 3.15. The molecular weight excluding hydrogens is 318 g/mol. The van der Waals surface area contributed by atoms with Gasteiger partial charge in [-0.05, 0) is 11.6 Å². The van der Waals surface area contributed by atoms with E-state index < -0.39 is 0 Å². The van der Waals surface area contributed by atoms with Crippen LogP contribution in [-0.4, -0.2) is 37.1 Å². The predicted molar refractivity (Wildman–Crippen MR) is 89.8 cm³/mol. The summed E-state index contributed by atoms with van der Waals surface area (Å²) in [6.45, 7) is 2.14. The molecule has 4 rings (SSSR count). The Balaban J connectivity index is 1.43. The molecule has 1 aliphatic rings. The number of rotatable bonds is 4. The van der Waals surface area contributed by atoms with Crippen LogP contribution in [0.2, 0.25) is 0 Å². The van der Waals surface area contributed by atoms with Crippen LogP contribution in [-0.2, 0) is 19.7 Å². The van der Waals surface area contributed by atoms with Gasteiger partial charge in [-0.3, -0.25) is 9.48 Å². The third kappa shape index (κ3) is 3.35. The van der Waals surface area contributed by atoms with Crippen LogP contribution in [0.5, 0.6) is 5.88 Å². The molecule has 0 unspecified atom stereocenters. The van der Waals surface area contributed by atoms with Crippen molar-refractivity contribution in [3.63, 3.8) is 0 Å². The molecule has 0 fully saturated rings. The number of carbonyl (C=O) groups is 1. The van der Waals surface area contributed by atoms with Crippen LogP contribution < -0.4 is 4.74 Å². The van der Waals surface area contributed by atoms with Crippen LogP contribution in [0.15, 0.2) is 54.9 Å². The van der Waals surface area contributed by atoms with Crippen molar-refractivity contribution < 1.29 is 9.53 Å². The van der Waals surface area contributed by atoms with Crippen LogP contribution >= 0.6 is 0 Å². The van der Waals surface area contributed by atoms with Crippen LogP contribution in [0.1, 0.15) is 21.9 Å². The van der Waals surface area contributed by atoms with Gasteiger partial charge in [0.25, 0.3) is 5.91 Å². The van der Waals surface area contributed by atoms with E-state index in [4.69, 9.17) is 4.74 Å². The van der Waals surface area contributed by atoms with Gasteiger partial charge in [-0.25, -0.2) is 9.97 Å². The first-order valence-electron chi connectivity index (χ1n) is 8.09. The van der Waals surface area contributed by atoms with Crippen molar-refractivity contribution in [1.29, 1.82) is 0 Å². The van der Waals surface area contributed by atoms with Gasteiger partial charge in [0.2, 0.25) is 11.7 Å².